The minimum absolute atomic E-state index is 0.157. The van der Waals surface area contributed by atoms with Crippen LogP contribution in [0.5, 0.6) is 0 Å². The van der Waals surface area contributed by atoms with Crippen LogP contribution in [-0.4, -0.2) is 42.1 Å². The summed E-state index contributed by atoms with van der Waals surface area (Å²) >= 11 is 5.47. The van der Waals surface area contributed by atoms with Crippen molar-refractivity contribution >= 4 is 23.0 Å². The van der Waals surface area contributed by atoms with Crippen LogP contribution in [0.15, 0.2) is 47.1 Å². The van der Waals surface area contributed by atoms with E-state index in [9.17, 15) is 13.2 Å². The molecule has 142 valence electrons. The van der Waals surface area contributed by atoms with E-state index in [0.29, 0.717) is 17.3 Å². The van der Waals surface area contributed by atoms with Crippen molar-refractivity contribution in [2.24, 2.45) is 0 Å². The Morgan fingerprint density at radius 1 is 1.19 bits per heavy atom. The van der Waals surface area contributed by atoms with Gasteiger partial charge in [0.25, 0.3) is 0 Å². The second-order valence-electron chi connectivity index (χ2n) is 6.20. The molecule has 2 aromatic rings. The molecule has 1 aromatic heterocycles. The van der Waals surface area contributed by atoms with Crippen LogP contribution >= 0.6 is 12.2 Å². The fraction of sp³-hybridized carbons (Fsp3) is 0.389. The van der Waals surface area contributed by atoms with E-state index in [1.807, 2.05) is 36.9 Å². The van der Waals surface area contributed by atoms with Gasteiger partial charge in [0, 0.05) is 18.8 Å². The van der Waals surface area contributed by atoms with Gasteiger partial charge in [0.05, 0.1) is 17.9 Å². The summed E-state index contributed by atoms with van der Waals surface area (Å²) in [5.41, 5.74) is -0.421. The Kier molecular flexibility index (Phi) is 6.66. The van der Waals surface area contributed by atoms with Gasteiger partial charge in [-0.15, -0.1) is 0 Å². The molecule has 8 heteroatoms. The van der Waals surface area contributed by atoms with Crippen LogP contribution in [0.25, 0.3) is 0 Å². The largest absolute Gasteiger partial charge is 0.467 e. The smallest absolute Gasteiger partial charge is 0.416 e. The van der Waals surface area contributed by atoms with Gasteiger partial charge in [-0.2, -0.15) is 13.2 Å². The Morgan fingerprint density at radius 2 is 1.92 bits per heavy atom. The monoisotopic (exact) mass is 385 g/mol. The second-order valence-corrected chi connectivity index (χ2v) is 6.58. The molecule has 0 fully saturated rings. The molecule has 0 amide bonds. The van der Waals surface area contributed by atoms with Gasteiger partial charge in [-0.1, -0.05) is 6.07 Å². The Labute approximate surface area is 156 Å². The van der Waals surface area contributed by atoms with Crippen molar-refractivity contribution in [3.63, 3.8) is 0 Å². The van der Waals surface area contributed by atoms with Gasteiger partial charge in [-0.3, -0.25) is 0 Å². The van der Waals surface area contributed by atoms with Crippen LogP contribution in [0.3, 0.4) is 0 Å². The summed E-state index contributed by atoms with van der Waals surface area (Å²) in [6.07, 6.45) is -2.81. The number of rotatable bonds is 6. The standard InChI is InChI=1S/C18H22F3N3OS/c1-13(16-8-5-11-25-16)24(10-9-23(2)3)17(26)22-15-7-4-6-14(12-15)18(19,20)21/h4-8,11-13H,9-10H2,1-3H3,(H,22,26)/t13-/m0/s1. The van der Waals surface area contributed by atoms with E-state index >= 15 is 0 Å². The zero-order valence-corrected chi connectivity index (χ0v) is 15.7. The number of anilines is 1. The third kappa shape index (κ3) is 5.47. The lowest BCUT2D eigenvalue weighted by Gasteiger charge is -2.31. The number of thiocarbonyl (C=S) groups is 1. The van der Waals surface area contributed by atoms with Crippen LogP contribution in [-0.2, 0) is 6.18 Å². The molecule has 26 heavy (non-hydrogen) atoms. The van der Waals surface area contributed by atoms with Crippen LogP contribution < -0.4 is 5.32 Å². The lowest BCUT2D eigenvalue weighted by molar-refractivity contribution is -0.137. The maximum atomic E-state index is 12.9. The summed E-state index contributed by atoms with van der Waals surface area (Å²) in [6.45, 7) is 3.27. The maximum Gasteiger partial charge on any atom is 0.416 e. The van der Waals surface area contributed by atoms with E-state index in [1.165, 1.54) is 6.07 Å². The Bertz CT molecular complexity index is 717. The molecular weight excluding hydrogens is 363 g/mol. The lowest BCUT2D eigenvalue weighted by Crippen LogP contribution is -2.40. The predicted molar refractivity (Wildman–Crippen MR) is 100 cm³/mol. The number of nitrogens with zero attached hydrogens (tertiary/aromatic N) is 2. The zero-order valence-electron chi connectivity index (χ0n) is 14.9. The minimum Gasteiger partial charge on any atom is -0.467 e. The number of alkyl halides is 3. The van der Waals surface area contributed by atoms with Gasteiger partial charge in [-0.25, -0.2) is 0 Å². The zero-order chi connectivity index (χ0) is 19.3. The fourth-order valence-electron chi connectivity index (χ4n) is 2.43. The third-order valence-electron chi connectivity index (χ3n) is 3.91. The molecule has 0 aliphatic carbocycles. The van der Waals surface area contributed by atoms with Crippen molar-refractivity contribution in [3.05, 3.63) is 54.0 Å². The highest BCUT2D eigenvalue weighted by molar-refractivity contribution is 7.80. The van der Waals surface area contributed by atoms with Crippen molar-refractivity contribution in [2.75, 3.05) is 32.5 Å². The molecule has 1 N–H and O–H groups in total. The van der Waals surface area contributed by atoms with Gasteiger partial charge in [0.2, 0.25) is 0 Å². The number of halogens is 3. The van der Waals surface area contributed by atoms with Crippen molar-refractivity contribution < 1.29 is 17.6 Å². The first-order chi connectivity index (χ1) is 12.2. The summed E-state index contributed by atoms with van der Waals surface area (Å²) in [4.78, 5) is 3.91. The number of likely N-dealkylation sites (N-methyl/N-ethyl adjacent to an activating group) is 1. The van der Waals surface area contributed by atoms with Crippen molar-refractivity contribution in [1.29, 1.82) is 0 Å². The highest BCUT2D eigenvalue weighted by Gasteiger charge is 2.30. The first kappa shape index (κ1) is 20.3. The summed E-state index contributed by atoms with van der Waals surface area (Å²) in [7, 11) is 3.89. The molecule has 0 spiro atoms. The van der Waals surface area contributed by atoms with E-state index in [4.69, 9.17) is 16.6 Å². The molecule has 0 saturated carbocycles. The number of hydrogen-bond donors (Lipinski definition) is 1. The highest BCUT2D eigenvalue weighted by Crippen LogP contribution is 2.31. The predicted octanol–water partition coefficient (Wildman–Crippen LogP) is 4.62. The molecule has 0 radical (unpaired) electrons. The molecule has 0 aliphatic heterocycles. The fourth-order valence-corrected chi connectivity index (χ4v) is 2.80. The second kappa shape index (κ2) is 8.55. The van der Waals surface area contributed by atoms with E-state index in [-0.39, 0.29) is 6.04 Å². The van der Waals surface area contributed by atoms with Crippen LogP contribution in [0.2, 0.25) is 0 Å². The van der Waals surface area contributed by atoms with Gasteiger partial charge in [0.1, 0.15) is 5.76 Å². The normalized spacial score (nSPS) is 12.9. The number of benzene rings is 1. The van der Waals surface area contributed by atoms with Crippen LogP contribution in [0, 0.1) is 0 Å². The average molecular weight is 385 g/mol. The van der Waals surface area contributed by atoms with E-state index in [0.717, 1.165) is 24.4 Å². The maximum absolute atomic E-state index is 12.9. The number of furan rings is 1. The number of hydrogen-bond acceptors (Lipinski definition) is 3. The Balaban J connectivity index is 2.18. The number of nitrogens with one attached hydrogen (secondary N) is 1. The summed E-state index contributed by atoms with van der Waals surface area (Å²) < 4.78 is 44.2. The highest BCUT2D eigenvalue weighted by atomic mass is 32.1. The minimum atomic E-state index is -4.40. The van der Waals surface area contributed by atoms with Gasteiger partial charge in [-0.05, 0) is 63.6 Å². The molecular formula is C18H22F3N3OS. The molecule has 0 unspecified atom stereocenters. The van der Waals surface area contributed by atoms with Crippen LogP contribution in [0.1, 0.15) is 24.3 Å². The van der Waals surface area contributed by atoms with Crippen molar-refractivity contribution in [1.82, 2.24) is 9.80 Å². The molecule has 1 heterocycles. The van der Waals surface area contributed by atoms with Crippen LogP contribution in [0.4, 0.5) is 18.9 Å². The van der Waals surface area contributed by atoms with E-state index in [2.05, 4.69) is 5.32 Å². The molecule has 4 nitrogen and oxygen atoms in total. The molecule has 1 atom stereocenters. The Hall–Kier alpha value is -2.06. The summed E-state index contributed by atoms with van der Waals surface area (Å²) in [5, 5.41) is 3.26. The Morgan fingerprint density at radius 3 is 2.50 bits per heavy atom. The van der Waals surface area contributed by atoms with Crippen molar-refractivity contribution in [2.45, 2.75) is 19.1 Å². The van der Waals surface area contributed by atoms with Gasteiger partial charge in [0.15, 0.2) is 5.11 Å². The first-order valence-corrected chi connectivity index (χ1v) is 8.52. The third-order valence-corrected chi connectivity index (χ3v) is 4.25. The average Bonchev–Trinajstić information content (AvgIpc) is 3.08. The van der Waals surface area contributed by atoms with Gasteiger partial charge < -0.3 is 19.5 Å². The lowest BCUT2D eigenvalue weighted by atomic mass is 10.2. The molecule has 0 bridgehead atoms. The van der Waals surface area contributed by atoms with Crippen molar-refractivity contribution in [3.8, 4) is 0 Å². The molecule has 0 aliphatic rings. The SMILES string of the molecule is C[C@@H](c1ccco1)N(CCN(C)C)C(=S)Nc1cccc(C(F)(F)F)c1. The molecule has 1 aromatic carbocycles. The first-order valence-electron chi connectivity index (χ1n) is 8.11. The molecule has 2 rings (SSSR count). The van der Waals surface area contributed by atoms with Gasteiger partial charge >= 0.3 is 6.18 Å². The van der Waals surface area contributed by atoms with E-state index < -0.39 is 11.7 Å². The summed E-state index contributed by atoms with van der Waals surface area (Å²) in [5.74, 6) is 0.733. The summed E-state index contributed by atoms with van der Waals surface area (Å²) in [6, 6.07) is 8.48. The topological polar surface area (TPSA) is 31.7 Å². The quantitative estimate of drug-likeness (QED) is 0.734. The molecule has 0 saturated heterocycles. The van der Waals surface area contributed by atoms with E-state index in [1.54, 1.807) is 18.4 Å².